The maximum atomic E-state index is 6.28. The van der Waals surface area contributed by atoms with Crippen molar-refractivity contribution in [2.45, 2.75) is 56.9 Å². The van der Waals surface area contributed by atoms with Crippen LogP contribution in [0.5, 0.6) is 0 Å². The third kappa shape index (κ3) is 7.38. The van der Waals surface area contributed by atoms with Crippen LogP contribution in [0.3, 0.4) is 0 Å². The monoisotopic (exact) mass is 343 g/mol. The van der Waals surface area contributed by atoms with Gasteiger partial charge >= 0.3 is 0 Å². The summed E-state index contributed by atoms with van der Waals surface area (Å²) in [6.45, 7) is 4.55. The lowest BCUT2D eigenvalue weighted by Crippen LogP contribution is -2.26. The lowest BCUT2D eigenvalue weighted by Gasteiger charge is -2.19. The Morgan fingerprint density at radius 1 is 1.32 bits per heavy atom. The Morgan fingerprint density at radius 2 is 2.11 bits per heavy atom. The maximum Gasteiger partial charge on any atom is 0.0186 e. The van der Waals surface area contributed by atoms with Crippen LogP contribution in [0.25, 0.3) is 0 Å². The lowest BCUT2D eigenvalue weighted by molar-refractivity contribution is 0.396. The molecule has 0 aliphatic rings. The molecule has 1 rings (SSSR count). The quantitative estimate of drug-likeness (QED) is 0.601. The van der Waals surface area contributed by atoms with E-state index in [9.17, 15) is 0 Å². The normalized spacial score (nSPS) is 14.3. The number of halogens is 1. The van der Waals surface area contributed by atoms with Gasteiger partial charge in [0.2, 0.25) is 0 Å². The van der Waals surface area contributed by atoms with Crippen molar-refractivity contribution in [3.63, 3.8) is 0 Å². The van der Waals surface area contributed by atoms with Gasteiger partial charge in [0.05, 0.1) is 0 Å². The van der Waals surface area contributed by atoms with E-state index in [0.29, 0.717) is 6.04 Å². The number of rotatable bonds is 9. The highest BCUT2D eigenvalue weighted by molar-refractivity contribution is 9.10. The second-order valence-electron chi connectivity index (χ2n) is 5.18. The highest BCUT2D eigenvalue weighted by Crippen LogP contribution is 2.25. The number of nitrogens with two attached hydrogens (primary N) is 1. The van der Waals surface area contributed by atoms with Gasteiger partial charge in [-0.1, -0.05) is 61.5 Å². The van der Waals surface area contributed by atoms with Crippen molar-refractivity contribution < 1.29 is 0 Å². The first kappa shape index (κ1) is 17.1. The van der Waals surface area contributed by atoms with Crippen molar-refractivity contribution in [3.8, 4) is 0 Å². The van der Waals surface area contributed by atoms with E-state index >= 15 is 0 Å². The van der Waals surface area contributed by atoms with Crippen LogP contribution in [0, 0.1) is 5.92 Å². The van der Waals surface area contributed by atoms with Crippen molar-refractivity contribution in [1.29, 1.82) is 0 Å². The summed E-state index contributed by atoms with van der Waals surface area (Å²) in [6, 6.07) is 8.75. The summed E-state index contributed by atoms with van der Waals surface area (Å²) in [5, 5.41) is 0. The van der Waals surface area contributed by atoms with Crippen LogP contribution in [0.2, 0.25) is 0 Å². The minimum Gasteiger partial charge on any atom is -0.327 e. The average Bonchev–Trinajstić information content (AvgIpc) is 2.41. The van der Waals surface area contributed by atoms with Crippen molar-refractivity contribution in [1.82, 2.24) is 0 Å². The molecule has 108 valence electrons. The number of thioether (sulfide) groups is 1. The zero-order valence-corrected chi connectivity index (χ0v) is 14.5. The molecule has 0 saturated carbocycles. The minimum atomic E-state index is 0.311. The summed E-state index contributed by atoms with van der Waals surface area (Å²) >= 11 is 5.37. The molecule has 0 amide bonds. The molecular weight excluding hydrogens is 318 g/mol. The smallest absolute Gasteiger partial charge is 0.0186 e. The molecule has 0 aromatic heterocycles. The van der Waals surface area contributed by atoms with Gasteiger partial charge in [0, 0.05) is 21.2 Å². The topological polar surface area (TPSA) is 26.0 Å². The van der Waals surface area contributed by atoms with Crippen molar-refractivity contribution in [2.24, 2.45) is 11.7 Å². The standard InChI is InChI=1S/C16H26BrNS/c1-3-5-7-13(4-2)10-15(18)12-19-16-9-6-8-14(17)11-16/h6,8-9,11,13,15H,3-5,7,10,12,18H2,1-2H3. The summed E-state index contributed by atoms with van der Waals surface area (Å²) in [7, 11) is 0. The van der Waals surface area contributed by atoms with Crippen LogP contribution in [-0.2, 0) is 0 Å². The third-order valence-corrected chi connectivity index (χ3v) is 5.11. The Kier molecular flexibility index (Phi) is 8.84. The molecule has 0 spiro atoms. The SMILES string of the molecule is CCCCC(CC)CC(N)CSc1cccc(Br)c1. The van der Waals surface area contributed by atoms with Crippen molar-refractivity contribution in [2.75, 3.05) is 5.75 Å². The van der Waals surface area contributed by atoms with Gasteiger partial charge in [-0.3, -0.25) is 0 Å². The Balaban J connectivity index is 2.32. The largest absolute Gasteiger partial charge is 0.327 e. The highest BCUT2D eigenvalue weighted by atomic mass is 79.9. The van der Waals surface area contributed by atoms with Crippen LogP contribution in [0.4, 0.5) is 0 Å². The van der Waals surface area contributed by atoms with Gasteiger partial charge in [-0.15, -0.1) is 11.8 Å². The molecule has 0 heterocycles. The zero-order chi connectivity index (χ0) is 14.1. The predicted molar refractivity (Wildman–Crippen MR) is 90.8 cm³/mol. The summed E-state index contributed by atoms with van der Waals surface area (Å²) in [6.07, 6.45) is 6.39. The fraction of sp³-hybridized carbons (Fsp3) is 0.625. The van der Waals surface area contributed by atoms with Crippen molar-refractivity contribution >= 4 is 27.7 Å². The number of hydrogen-bond acceptors (Lipinski definition) is 2. The average molecular weight is 344 g/mol. The van der Waals surface area contributed by atoms with Gasteiger partial charge in [0.1, 0.15) is 0 Å². The Labute approximate surface area is 130 Å². The van der Waals surface area contributed by atoms with Crippen LogP contribution >= 0.6 is 27.7 Å². The fourth-order valence-electron chi connectivity index (χ4n) is 2.24. The summed E-state index contributed by atoms with van der Waals surface area (Å²) in [5.41, 5.74) is 6.28. The molecule has 0 aliphatic heterocycles. The lowest BCUT2D eigenvalue weighted by atomic mass is 9.93. The molecule has 1 nitrogen and oxygen atoms in total. The van der Waals surface area contributed by atoms with E-state index in [2.05, 4.69) is 54.0 Å². The fourth-order valence-corrected chi connectivity index (χ4v) is 3.72. The molecule has 0 aliphatic carbocycles. The van der Waals surface area contributed by atoms with E-state index in [0.717, 1.165) is 22.6 Å². The van der Waals surface area contributed by atoms with E-state index in [-0.39, 0.29) is 0 Å². The van der Waals surface area contributed by atoms with E-state index < -0.39 is 0 Å². The van der Waals surface area contributed by atoms with Gasteiger partial charge in [-0.05, 0) is 30.5 Å². The van der Waals surface area contributed by atoms with Crippen LogP contribution in [-0.4, -0.2) is 11.8 Å². The molecule has 19 heavy (non-hydrogen) atoms. The first-order valence-corrected chi connectivity index (χ1v) is 9.07. The third-order valence-electron chi connectivity index (χ3n) is 3.44. The minimum absolute atomic E-state index is 0.311. The number of benzene rings is 1. The first-order chi connectivity index (χ1) is 9.15. The summed E-state index contributed by atoms with van der Waals surface area (Å²) in [5.74, 6) is 1.82. The molecule has 0 saturated heterocycles. The van der Waals surface area contributed by atoms with Gasteiger partial charge in [-0.2, -0.15) is 0 Å². The van der Waals surface area contributed by atoms with E-state index in [1.165, 1.54) is 30.6 Å². The summed E-state index contributed by atoms with van der Waals surface area (Å²) < 4.78 is 1.14. The molecule has 3 heteroatoms. The maximum absolute atomic E-state index is 6.28. The van der Waals surface area contributed by atoms with E-state index in [4.69, 9.17) is 5.73 Å². The Morgan fingerprint density at radius 3 is 2.74 bits per heavy atom. The van der Waals surface area contributed by atoms with E-state index in [1.54, 1.807) is 0 Å². The first-order valence-electron chi connectivity index (χ1n) is 7.29. The molecule has 2 unspecified atom stereocenters. The molecule has 1 aromatic carbocycles. The van der Waals surface area contributed by atoms with Gasteiger partial charge < -0.3 is 5.73 Å². The Hall–Kier alpha value is 0.01000. The van der Waals surface area contributed by atoms with Gasteiger partial charge in [0.25, 0.3) is 0 Å². The highest BCUT2D eigenvalue weighted by Gasteiger charge is 2.12. The zero-order valence-electron chi connectivity index (χ0n) is 12.1. The molecule has 1 aromatic rings. The molecule has 2 N–H and O–H groups in total. The second kappa shape index (κ2) is 9.84. The summed E-state index contributed by atoms with van der Waals surface area (Å²) in [4.78, 5) is 1.30. The number of hydrogen-bond donors (Lipinski definition) is 1. The van der Waals surface area contributed by atoms with E-state index in [1.807, 2.05) is 11.8 Å². The molecule has 0 bridgehead atoms. The Bertz CT molecular complexity index is 356. The molecule has 0 fully saturated rings. The second-order valence-corrected chi connectivity index (χ2v) is 7.19. The molecule has 0 radical (unpaired) electrons. The van der Waals surface area contributed by atoms with Crippen LogP contribution in [0.1, 0.15) is 46.0 Å². The van der Waals surface area contributed by atoms with Crippen LogP contribution < -0.4 is 5.73 Å². The van der Waals surface area contributed by atoms with Crippen molar-refractivity contribution in [3.05, 3.63) is 28.7 Å². The molecule has 2 atom stereocenters. The molecular formula is C16H26BrNS. The van der Waals surface area contributed by atoms with Gasteiger partial charge in [0.15, 0.2) is 0 Å². The number of unbranched alkanes of at least 4 members (excludes halogenated alkanes) is 1. The van der Waals surface area contributed by atoms with Gasteiger partial charge in [-0.25, -0.2) is 0 Å². The van der Waals surface area contributed by atoms with Crippen LogP contribution in [0.15, 0.2) is 33.6 Å². The predicted octanol–water partition coefficient (Wildman–Crippen LogP) is 5.48.